The number of aromatic nitrogens is 2. The molecule has 0 aliphatic rings. The fraction of sp³-hybridized carbons (Fsp3) is 0.0500. The number of ether oxygens (including phenoxy) is 1. The molecule has 128 valence electrons. The topological polar surface area (TPSA) is 64.1 Å². The van der Waals surface area contributed by atoms with E-state index in [0.29, 0.717) is 17.8 Å². The van der Waals surface area contributed by atoms with Gasteiger partial charge in [-0.3, -0.25) is 9.78 Å². The summed E-state index contributed by atoms with van der Waals surface area (Å²) in [5.41, 5.74) is 1.85. The first-order chi connectivity index (χ1) is 12.8. The molecule has 0 atom stereocenters. The van der Waals surface area contributed by atoms with Crippen LogP contribution in [0.3, 0.4) is 0 Å². The summed E-state index contributed by atoms with van der Waals surface area (Å²) >= 11 is 1.50. The number of carbonyl (C=O) groups excluding carboxylic acids is 1. The van der Waals surface area contributed by atoms with Crippen molar-refractivity contribution in [2.24, 2.45) is 0 Å². The Balaban J connectivity index is 1.39. The summed E-state index contributed by atoms with van der Waals surface area (Å²) in [6.45, 7) is 0.425. The predicted octanol–water partition coefficient (Wildman–Crippen LogP) is 4.41. The molecule has 1 amide bonds. The molecule has 0 aliphatic heterocycles. The van der Waals surface area contributed by atoms with Gasteiger partial charge in [-0.1, -0.05) is 18.2 Å². The summed E-state index contributed by atoms with van der Waals surface area (Å²) in [6, 6.07) is 20.6. The second kappa shape index (κ2) is 7.33. The molecule has 0 fully saturated rings. The quantitative estimate of drug-likeness (QED) is 0.572. The molecule has 6 heteroatoms. The molecule has 0 saturated carbocycles. The minimum Gasteiger partial charge on any atom is -0.447 e. The van der Waals surface area contributed by atoms with Gasteiger partial charge in [0, 0.05) is 11.1 Å². The number of hydrogen-bond acceptors (Lipinski definition) is 5. The van der Waals surface area contributed by atoms with E-state index >= 15 is 0 Å². The van der Waals surface area contributed by atoms with Gasteiger partial charge in [0.2, 0.25) is 0 Å². The lowest BCUT2D eigenvalue weighted by molar-refractivity contribution is 0.0946. The van der Waals surface area contributed by atoms with Crippen molar-refractivity contribution in [2.75, 3.05) is 0 Å². The van der Waals surface area contributed by atoms with Crippen molar-refractivity contribution in [3.63, 3.8) is 0 Å². The third kappa shape index (κ3) is 3.70. The van der Waals surface area contributed by atoms with Crippen LogP contribution < -0.4 is 10.1 Å². The molecule has 1 aromatic carbocycles. The predicted molar refractivity (Wildman–Crippen MR) is 102 cm³/mol. The molecule has 0 aliphatic carbocycles. The maximum Gasteiger partial charge on any atom is 0.270 e. The van der Waals surface area contributed by atoms with Crippen LogP contribution in [0.5, 0.6) is 10.8 Å². The van der Waals surface area contributed by atoms with Gasteiger partial charge < -0.3 is 10.1 Å². The molecular formula is C20H15N3O2S. The van der Waals surface area contributed by atoms with Gasteiger partial charge in [0.25, 0.3) is 5.91 Å². The number of thiophene rings is 1. The Morgan fingerprint density at radius 1 is 0.962 bits per heavy atom. The average Bonchev–Trinajstić information content (AvgIpc) is 3.14. The van der Waals surface area contributed by atoms with E-state index in [1.807, 2.05) is 48.5 Å². The minimum absolute atomic E-state index is 0.213. The monoisotopic (exact) mass is 361 g/mol. The smallest absolute Gasteiger partial charge is 0.270 e. The maximum atomic E-state index is 12.3. The zero-order valence-corrected chi connectivity index (χ0v) is 14.6. The van der Waals surface area contributed by atoms with Gasteiger partial charge >= 0.3 is 0 Å². The van der Waals surface area contributed by atoms with E-state index in [-0.39, 0.29) is 5.91 Å². The van der Waals surface area contributed by atoms with Crippen LogP contribution >= 0.6 is 11.3 Å². The highest BCUT2D eigenvalue weighted by Gasteiger charge is 2.09. The Labute approximate surface area is 154 Å². The molecular weight excluding hydrogens is 346 g/mol. The van der Waals surface area contributed by atoms with Crippen molar-refractivity contribution >= 4 is 28.3 Å². The number of carbonyl (C=O) groups is 1. The van der Waals surface area contributed by atoms with Gasteiger partial charge in [0.1, 0.15) is 11.4 Å². The third-order valence-corrected chi connectivity index (χ3v) is 4.67. The lowest BCUT2D eigenvalue weighted by atomic mass is 10.2. The van der Waals surface area contributed by atoms with Crippen molar-refractivity contribution < 1.29 is 9.53 Å². The second-order valence-corrected chi connectivity index (χ2v) is 6.69. The zero-order chi connectivity index (χ0) is 17.8. The van der Waals surface area contributed by atoms with E-state index < -0.39 is 0 Å². The summed E-state index contributed by atoms with van der Waals surface area (Å²) in [6.07, 6.45) is 1.70. The van der Waals surface area contributed by atoms with Crippen LogP contribution in [0.4, 0.5) is 0 Å². The zero-order valence-electron chi connectivity index (χ0n) is 13.8. The fourth-order valence-corrected chi connectivity index (χ4v) is 3.27. The molecule has 0 bridgehead atoms. The molecule has 4 aromatic rings. The molecule has 0 saturated heterocycles. The molecule has 0 radical (unpaired) electrons. The van der Waals surface area contributed by atoms with E-state index in [0.717, 1.165) is 21.2 Å². The Morgan fingerprint density at radius 3 is 2.73 bits per heavy atom. The Morgan fingerprint density at radius 2 is 1.85 bits per heavy atom. The lowest BCUT2D eigenvalue weighted by Crippen LogP contribution is -2.23. The number of rotatable bonds is 5. The highest BCUT2D eigenvalue weighted by Crippen LogP contribution is 2.29. The number of benzene rings is 1. The summed E-state index contributed by atoms with van der Waals surface area (Å²) in [5, 5.41) is 3.68. The number of nitrogens with one attached hydrogen (secondary N) is 1. The van der Waals surface area contributed by atoms with E-state index in [1.54, 1.807) is 24.4 Å². The van der Waals surface area contributed by atoms with Gasteiger partial charge in [0.15, 0.2) is 5.06 Å². The Hall–Kier alpha value is -3.25. The summed E-state index contributed by atoms with van der Waals surface area (Å²) < 4.78 is 5.79. The molecule has 5 nitrogen and oxygen atoms in total. The van der Waals surface area contributed by atoms with E-state index in [1.165, 1.54) is 11.3 Å². The van der Waals surface area contributed by atoms with Gasteiger partial charge in [-0.2, -0.15) is 0 Å². The first-order valence-electron chi connectivity index (χ1n) is 8.09. The minimum atomic E-state index is -0.213. The van der Waals surface area contributed by atoms with Gasteiger partial charge in [-0.15, -0.1) is 11.3 Å². The van der Waals surface area contributed by atoms with E-state index in [2.05, 4.69) is 15.3 Å². The van der Waals surface area contributed by atoms with Crippen molar-refractivity contribution in [2.45, 2.75) is 6.54 Å². The van der Waals surface area contributed by atoms with Crippen molar-refractivity contribution in [1.82, 2.24) is 15.3 Å². The fourth-order valence-electron chi connectivity index (χ4n) is 2.45. The highest BCUT2D eigenvalue weighted by atomic mass is 32.1. The number of fused-ring (bicyclic) bond motifs is 1. The number of hydrogen-bond donors (Lipinski definition) is 1. The normalized spacial score (nSPS) is 10.6. The number of para-hydroxylation sites is 1. The molecule has 1 N–H and O–H groups in total. The van der Waals surface area contributed by atoms with Gasteiger partial charge in [-0.25, -0.2) is 4.98 Å². The summed E-state index contributed by atoms with van der Waals surface area (Å²) in [7, 11) is 0. The van der Waals surface area contributed by atoms with Crippen LogP contribution in [-0.2, 0) is 6.54 Å². The third-order valence-electron chi connectivity index (χ3n) is 3.71. The maximum absolute atomic E-state index is 12.3. The van der Waals surface area contributed by atoms with Crippen molar-refractivity contribution in [3.05, 3.63) is 83.5 Å². The largest absolute Gasteiger partial charge is 0.447 e. The molecule has 4 rings (SSSR count). The molecule has 3 heterocycles. The first-order valence-corrected chi connectivity index (χ1v) is 8.91. The van der Waals surface area contributed by atoms with Crippen molar-refractivity contribution in [3.8, 4) is 10.8 Å². The van der Waals surface area contributed by atoms with Crippen LogP contribution in [0, 0.1) is 0 Å². The summed E-state index contributed by atoms with van der Waals surface area (Å²) in [4.78, 5) is 21.9. The Bertz CT molecular complexity index is 1050. The van der Waals surface area contributed by atoms with Crippen LogP contribution in [0.2, 0.25) is 0 Å². The lowest BCUT2D eigenvalue weighted by Gasteiger charge is -2.04. The first kappa shape index (κ1) is 16.2. The summed E-state index contributed by atoms with van der Waals surface area (Å²) in [5.74, 6) is 0.577. The number of amides is 1. The standard InChI is InChI=1S/C20H15N3O2S/c24-20(18-10-9-16-17(23-18)7-4-12-21-16)22-13-15-8-11-19(26-15)25-14-5-2-1-3-6-14/h1-12H,13H2,(H,22,24). The van der Waals surface area contributed by atoms with Crippen LogP contribution in [0.1, 0.15) is 15.4 Å². The van der Waals surface area contributed by atoms with Crippen LogP contribution in [0.15, 0.2) is 72.9 Å². The molecule has 26 heavy (non-hydrogen) atoms. The highest BCUT2D eigenvalue weighted by molar-refractivity contribution is 7.13. The van der Waals surface area contributed by atoms with Crippen LogP contribution in [0.25, 0.3) is 11.0 Å². The molecule has 0 unspecified atom stereocenters. The van der Waals surface area contributed by atoms with Crippen LogP contribution in [-0.4, -0.2) is 15.9 Å². The second-order valence-electron chi connectivity index (χ2n) is 5.56. The average molecular weight is 361 g/mol. The van der Waals surface area contributed by atoms with Gasteiger partial charge in [0.05, 0.1) is 17.6 Å². The molecule has 3 aromatic heterocycles. The van der Waals surface area contributed by atoms with E-state index in [9.17, 15) is 4.79 Å². The number of pyridine rings is 2. The van der Waals surface area contributed by atoms with Gasteiger partial charge in [-0.05, 0) is 48.5 Å². The number of nitrogens with zero attached hydrogens (tertiary/aromatic N) is 2. The Kier molecular flexibility index (Phi) is 4.57. The van der Waals surface area contributed by atoms with E-state index in [4.69, 9.17) is 4.74 Å². The van der Waals surface area contributed by atoms with Crippen molar-refractivity contribution in [1.29, 1.82) is 0 Å². The molecule has 0 spiro atoms. The SMILES string of the molecule is O=C(NCc1ccc(Oc2ccccc2)s1)c1ccc2ncccc2n1.